The Morgan fingerprint density at radius 3 is 2.14 bits per heavy atom. The van der Waals surface area contributed by atoms with Crippen LogP contribution in [-0.2, 0) is 0 Å². The van der Waals surface area contributed by atoms with Gasteiger partial charge in [0.25, 0.3) is 0 Å². The van der Waals surface area contributed by atoms with Crippen molar-refractivity contribution in [3.05, 3.63) is 133 Å². The van der Waals surface area contributed by atoms with Gasteiger partial charge in [-0.3, -0.25) is 0 Å². The molecule has 9 rings (SSSR count). The molecule has 44 heavy (non-hydrogen) atoms. The Kier molecular flexibility index (Phi) is 6.64. The Balaban J connectivity index is 1.05. The zero-order valence-electron chi connectivity index (χ0n) is 25.7. The Labute approximate surface area is 263 Å². The molecule has 1 saturated carbocycles. The van der Waals surface area contributed by atoms with E-state index < -0.39 is 0 Å². The molecule has 0 aromatic heterocycles. The number of fused-ring (bicyclic) bond motifs is 6. The van der Waals surface area contributed by atoms with Crippen LogP contribution in [-0.4, -0.2) is 24.2 Å². The molecule has 0 bridgehead atoms. The summed E-state index contributed by atoms with van der Waals surface area (Å²) in [4.78, 5) is 5.71. The molecule has 3 aromatic carbocycles. The molecule has 2 nitrogen and oxygen atoms in total. The molecule has 0 spiro atoms. The van der Waals surface area contributed by atoms with Crippen molar-refractivity contribution < 1.29 is 0 Å². The van der Waals surface area contributed by atoms with Crippen LogP contribution in [0.3, 0.4) is 0 Å². The summed E-state index contributed by atoms with van der Waals surface area (Å²) in [7, 11) is 0. The van der Waals surface area contributed by atoms with E-state index in [4.69, 9.17) is 0 Å². The van der Waals surface area contributed by atoms with Gasteiger partial charge >= 0.3 is 0 Å². The van der Waals surface area contributed by atoms with Crippen LogP contribution in [0.1, 0.15) is 44.9 Å². The van der Waals surface area contributed by atoms with E-state index in [1.807, 2.05) is 0 Å². The maximum absolute atomic E-state index is 2.93. The number of hydrogen-bond acceptors (Lipinski definition) is 2. The van der Waals surface area contributed by atoms with Crippen LogP contribution in [0.15, 0.2) is 133 Å². The Bertz CT molecular complexity index is 1600. The zero-order chi connectivity index (χ0) is 29.0. The first kappa shape index (κ1) is 26.6. The second kappa shape index (κ2) is 11.0. The molecule has 2 saturated heterocycles. The molecule has 3 aromatic rings. The van der Waals surface area contributed by atoms with Crippen LogP contribution < -0.4 is 9.80 Å². The van der Waals surface area contributed by atoms with Gasteiger partial charge in [-0.15, -0.1) is 0 Å². The Hall–Kier alpha value is -3.78. The predicted octanol–water partition coefficient (Wildman–Crippen LogP) is 9.63. The number of anilines is 2. The average molecular weight is 577 g/mol. The minimum absolute atomic E-state index is 0.433. The molecule has 6 aliphatic rings. The standard InChI is InChI=1S/C42H44N2/c1-3-12-29(13-4-1)30-22-25-33(26-23-30)43-39-20-9-8-17-36(39)38-28-31(24-27-41(38)43)34-18-11-19-37-35-16-7-10-21-40(35)44(42(34)37)32-14-5-2-6-15-32/h1-6,8-9,11-15,17,19-20,22-23,25-26,28,34-42H,7,10,16,18,21,24,27H2. The summed E-state index contributed by atoms with van der Waals surface area (Å²) in [6, 6.07) is 33.9. The minimum atomic E-state index is 0.433. The fourth-order valence-electron chi connectivity index (χ4n) is 10.4. The van der Waals surface area contributed by atoms with E-state index in [9.17, 15) is 0 Å². The van der Waals surface area contributed by atoms with Crippen LogP contribution in [0.5, 0.6) is 0 Å². The highest BCUT2D eigenvalue weighted by Crippen LogP contribution is 2.54. The molecule has 0 N–H and O–H groups in total. The van der Waals surface area contributed by atoms with E-state index in [1.54, 1.807) is 5.57 Å². The van der Waals surface area contributed by atoms with Crippen LogP contribution in [0.2, 0.25) is 0 Å². The van der Waals surface area contributed by atoms with Gasteiger partial charge in [-0.2, -0.15) is 0 Å². The fourth-order valence-corrected chi connectivity index (χ4v) is 10.4. The highest BCUT2D eigenvalue weighted by Gasteiger charge is 2.54. The summed E-state index contributed by atoms with van der Waals surface area (Å²) < 4.78 is 0. The summed E-state index contributed by atoms with van der Waals surface area (Å²) in [5, 5.41) is 0. The van der Waals surface area contributed by atoms with Crippen molar-refractivity contribution in [1.29, 1.82) is 0 Å². The predicted molar refractivity (Wildman–Crippen MR) is 184 cm³/mol. The molecule has 0 radical (unpaired) electrons. The first-order valence-corrected chi connectivity index (χ1v) is 17.3. The molecule has 9 atom stereocenters. The van der Waals surface area contributed by atoms with Crippen LogP contribution in [0.25, 0.3) is 11.1 Å². The molecule has 2 aliphatic heterocycles. The Morgan fingerprint density at radius 1 is 0.568 bits per heavy atom. The molecule has 222 valence electrons. The normalized spacial score (nSPS) is 35.1. The fraction of sp³-hybridized carbons (Fsp3) is 0.381. The highest BCUT2D eigenvalue weighted by molar-refractivity contribution is 5.67. The van der Waals surface area contributed by atoms with E-state index in [2.05, 4.69) is 137 Å². The van der Waals surface area contributed by atoms with Crippen molar-refractivity contribution in [2.24, 2.45) is 29.6 Å². The number of rotatable bonds is 4. The average Bonchev–Trinajstić information content (AvgIpc) is 3.62. The molecule has 2 heterocycles. The van der Waals surface area contributed by atoms with Crippen molar-refractivity contribution in [2.45, 2.75) is 69.1 Å². The van der Waals surface area contributed by atoms with Gasteiger partial charge in [-0.05, 0) is 73.4 Å². The van der Waals surface area contributed by atoms with E-state index in [0.717, 1.165) is 5.92 Å². The first-order valence-electron chi connectivity index (χ1n) is 17.3. The smallest absolute Gasteiger partial charge is 0.0548 e. The van der Waals surface area contributed by atoms with Crippen molar-refractivity contribution in [1.82, 2.24) is 0 Å². The van der Waals surface area contributed by atoms with Crippen LogP contribution in [0.4, 0.5) is 11.4 Å². The lowest BCUT2D eigenvalue weighted by molar-refractivity contribution is 0.285. The van der Waals surface area contributed by atoms with Gasteiger partial charge in [-0.25, -0.2) is 0 Å². The highest BCUT2D eigenvalue weighted by atomic mass is 15.2. The lowest BCUT2D eigenvalue weighted by Crippen LogP contribution is -2.45. The van der Waals surface area contributed by atoms with Gasteiger partial charge in [-0.1, -0.05) is 122 Å². The molecule has 3 fully saturated rings. The monoisotopic (exact) mass is 576 g/mol. The van der Waals surface area contributed by atoms with Gasteiger partial charge in [0.2, 0.25) is 0 Å². The van der Waals surface area contributed by atoms with Gasteiger partial charge in [0, 0.05) is 53.2 Å². The van der Waals surface area contributed by atoms with Gasteiger partial charge in [0.1, 0.15) is 0 Å². The number of benzene rings is 3. The topological polar surface area (TPSA) is 6.48 Å². The third-order valence-electron chi connectivity index (χ3n) is 12.2. The molecule has 4 aliphatic carbocycles. The second-order valence-electron chi connectivity index (χ2n) is 14.2. The lowest BCUT2D eigenvalue weighted by atomic mass is 9.68. The van der Waals surface area contributed by atoms with E-state index >= 15 is 0 Å². The van der Waals surface area contributed by atoms with Crippen molar-refractivity contribution in [3.63, 3.8) is 0 Å². The quantitative estimate of drug-likeness (QED) is 0.285. The summed E-state index contributed by atoms with van der Waals surface area (Å²) in [5.74, 6) is 3.22. The maximum Gasteiger partial charge on any atom is 0.0548 e. The van der Waals surface area contributed by atoms with Crippen molar-refractivity contribution in [3.8, 4) is 11.1 Å². The van der Waals surface area contributed by atoms with Crippen LogP contribution >= 0.6 is 0 Å². The van der Waals surface area contributed by atoms with E-state index in [1.165, 1.54) is 67.4 Å². The summed E-state index contributed by atoms with van der Waals surface area (Å²) >= 11 is 0. The first-order chi connectivity index (χ1) is 21.8. The molecule has 0 amide bonds. The third-order valence-corrected chi connectivity index (χ3v) is 12.2. The maximum atomic E-state index is 2.93. The second-order valence-corrected chi connectivity index (χ2v) is 14.2. The molecular weight excluding hydrogens is 532 g/mol. The number of allylic oxidation sites excluding steroid dienone is 3. The summed E-state index contributed by atoms with van der Waals surface area (Å²) in [6.07, 6.45) is 26.8. The molecule has 9 unspecified atom stereocenters. The third kappa shape index (κ3) is 4.28. The van der Waals surface area contributed by atoms with Crippen molar-refractivity contribution >= 4 is 11.4 Å². The van der Waals surface area contributed by atoms with Gasteiger partial charge in [0.15, 0.2) is 0 Å². The minimum Gasteiger partial charge on any atom is -0.364 e. The lowest BCUT2D eigenvalue weighted by Gasteiger charge is -2.43. The summed E-state index contributed by atoms with van der Waals surface area (Å²) in [5.41, 5.74) is 7.18. The number of hydrogen-bond donors (Lipinski definition) is 0. The Morgan fingerprint density at radius 2 is 1.30 bits per heavy atom. The molecular formula is C42H44N2. The van der Waals surface area contributed by atoms with E-state index in [0.29, 0.717) is 47.8 Å². The van der Waals surface area contributed by atoms with Gasteiger partial charge < -0.3 is 9.80 Å². The van der Waals surface area contributed by atoms with Crippen LogP contribution in [0, 0.1) is 29.6 Å². The summed E-state index contributed by atoms with van der Waals surface area (Å²) in [6.45, 7) is 0. The number of nitrogens with zero attached hydrogens (tertiary/aromatic N) is 2. The largest absolute Gasteiger partial charge is 0.364 e. The molecule has 2 heteroatoms. The van der Waals surface area contributed by atoms with E-state index in [-0.39, 0.29) is 0 Å². The zero-order valence-corrected chi connectivity index (χ0v) is 25.7. The van der Waals surface area contributed by atoms with Gasteiger partial charge in [0.05, 0.1) is 6.04 Å². The number of para-hydroxylation sites is 1. The SMILES string of the molecule is C1=CC2C3C=C(C4CC=CC5C6CCCCC6N(c6ccccc6)C45)CCC3N(c3ccc(-c4ccccc4)cc3)C2C=C1. The van der Waals surface area contributed by atoms with Crippen molar-refractivity contribution in [2.75, 3.05) is 9.80 Å².